The van der Waals surface area contributed by atoms with Crippen LogP contribution in [0.25, 0.3) is 0 Å². The highest BCUT2D eigenvalue weighted by molar-refractivity contribution is 14.1. The van der Waals surface area contributed by atoms with E-state index < -0.39 is 10.9 Å². The Balaban J connectivity index is 2.26. The Morgan fingerprint density at radius 3 is 2.52 bits per heavy atom. The van der Waals surface area contributed by atoms with E-state index >= 15 is 0 Å². The van der Waals surface area contributed by atoms with Crippen LogP contribution in [0.1, 0.15) is 21.5 Å². The van der Waals surface area contributed by atoms with Crippen LogP contribution in [-0.4, -0.2) is 10.9 Å². The molecule has 2 rings (SSSR count). The first-order valence-corrected chi connectivity index (χ1v) is 7.20. The Hall–Kier alpha value is -1.96. The van der Waals surface area contributed by atoms with E-state index in [0.29, 0.717) is 16.9 Å². The molecule has 0 spiro atoms. The third-order valence-corrected chi connectivity index (χ3v) is 4.42. The van der Waals surface area contributed by atoms with Crippen molar-refractivity contribution in [3.8, 4) is 5.75 Å². The van der Waals surface area contributed by atoms with Gasteiger partial charge >= 0.3 is 5.97 Å². The van der Waals surface area contributed by atoms with Gasteiger partial charge in [-0.25, -0.2) is 4.79 Å². The number of halogens is 1. The van der Waals surface area contributed by atoms with Crippen molar-refractivity contribution in [2.75, 3.05) is 0 Å². The standard InChI is InChI=1S/C15H12INO4/c1-9-4-3-5-12(14(9)16)15(18)21-11-6-7-13(17(19)20)10(2)8-11/h3-8H,1-2H3. The number of nitrogens with zero attached hydrogens (tertiary/aromatic N) is 1. The van der Waals surface area contributed by atoms with Gasteiger partial charge in [0, 0.05) is 15.2 Å². The molecular formula is C15H12INO4. The smallest absolute Gasteiger partial charge is 0.344 e. The molecule has 0 atom stereocenters. The lowest BCUT2D eigenvalue weighted by molar-refractivity contribution is -0.385. The average Bonchev–Trinajstić information content (AvgIpc) is 2.41. The first-order valence-electron chi connectivity index (χ1n) is 6.12. The first kappa shape index (κ1) is 15.4. The molecule has 0 amide bonds. The molecule has 0 N–H and O–H groups in total. The van der Waals surface area contributed by atoms with E-state index in [0.717, 1.165) is 9.13 Å². The molecule has 2 aromatic carbocycles. The van der Waals surface area contributed by atoms with Crippen LogP contribution < -0.4 is 4.74 Å². The van der Waals surface area contributed by atoms with E-state index in [-0.39, 0.29) is 5.69 Å². The normalized spacial score (nSPS) is 10.2. The molecule has 0 saturated carbocycles. The average molecular weight is 397 g/mol. The topological polar surface area (TPSA) is 69.4 Å². The van der Waals surface area contributed by atoms with Crippen molar-refractivity contribution >= 4 is 34.2 Å². The number of carbonyl (C=O) groups is 1. The monoisotopic (exact) mass is 397 g/mol. The predicted molar refractivity (Wildman–Crippen MR) is 86.7 cm³/mol. The summed E-state index contributed by atoms with van der Waals surface area (Å²) in [5.41, 5.74) is 1.92. The summed E-state index contributed by atoms with van der Waals surface area (Å²) in [4.78, 5) is 22.4. The molecule has 5 nitrogen and oxygen atoms in total. The Morgan fingerprint density at radius 1 is 1.19 bits per heavy atom. The molecule has 0 saturated heterocycles. The summed E-state index contributed by atoms with van der Waals surface area (Å²) in [5.74, 6) is -0.184. The number of rotatable bonds is 3. The Kier molecular flexibility index (Phi) is 4.56. The van der Waals surface area contributed by atoms with E-state index in [1.165, 1.54) is 18.2 Å². The fourth-order valence-corrected chi connectivity index (χ4v) is 2.44. The molecule has 21 heavy (non-hydrogen) atoms. The third kappa shape index (κ3) is 3.38. The predicted octanol–water partition coefficient (Wildman–Crippen LogP) is 4.04. The lowest BCUT2D eigenvalue weighted by Crippen LogP contribution is -2.11. The van der Waals surface area contributed by atoms with Crippen LogP contribution in [0, 0.1) is 27.5 Å². The Morgan fingerprint density at radius 2 is 1.90 bits per heavy atom. The second-order valence-corrected chi connectivity index (χ2v) is 5.61. The zero-order valence-corrected chi connectivity index (χ0v) is 13.6. The van der Waals surface area contributed by atoms with Crippen LogP contribution in [0.5, 0.6) is 5.75 Å². The molecule has 0 heterocycles. The van der Waals surface area contributed by atoms with Crippen molar-refractivity contribution in [1.29, 1.82) is 0 Å². The summed E-state index contributed by atoms with van der Waals surface area (Å²) < 4.78 is 6.12. The second-order valence-electron chi connectivity index (χ2n) is 4.53. The van der Waals surface area contributed by atoms with E-state index in [1.54, 1.807) is 19.1 Å². The first-order chi connectivity index (χ1) is 9.90. The minimum Gasteiger partial charge on any atom is -0.423 e. The van der Waals surface area contributed by atoms with Crippen LogP contribution in [-0.2, 0) is 0 Å². The van der Waals surface area contributed by atoms with Crippen LogP contribution >= 0.6 is 22.6 Å². The van der Waals surface area contributed by atoms with Crippen molar-refractivity contribution in [3.05, 3.63) is 66.8 Å². The molecule has 0 unspecified atom stereocenters. The molecule has 2 aromatic rings. The van der Waals surface area contributed by atoms with Gasteiger partial charge in [0.05, 0.1) is 10.5 Å². The fraction of sp³-hybridized carbons (Fsp3) is 0.133. The van der Waals surface area contributed by atoms with Gasteiger partial charge < -0.3 is 4.74 Å². The molecule has 0 aliphatic carbocycles. The molecular weight excluding hydrogens is 385 g/mol. The maximum Gasteiger partial charge on any atom is 0.344 e. The molecule has 0 bridgehead atoms. The van der Waals surface area contributed by atoms with Gasteiger partial charge in [-0.3, -0.25) is 10.1 Å². The summed E-state index contributed by atoms with van der Waals surface area (Å²) >= 11 is 2.09. The third-order valence-electron chi connectivity index (χ3n) is 2.99. The lowest BCUT2D eigenvalue weighted by atomic mass is 10.1. The van der Waals surface area contributed by atoms with Gasteiger partial charge in [0.15, 0.2) is 0 Å². The molecule has 108 valence electrons. The number of esters is 1. The fourth-order valence-electron chi connectivity index (χ4n) is 1.86. The SMILES string of the molecule is Cc1cc(OC(=O)c2cccc(C)c2I)ccc1[N+](=O)[O-]. The van der Waals surface area contributed by atoms with Crippen LogP contribution in [0.15, 0.2) is 36.4 Å². The zero-order chi connectivity index (χ0) is 15.6. The van der Waals surface area contributed by atoms with Crippen molar-refractivity contribution in [2.45, 2.75) is 13.8 Å². The van der Waals surface area contributed by atoms with Crippen molar-refractivity contribution in [3.63, 3.8) is 0 Å². The quantitative estimate of drug-likeness (QED) is 0.258. The lowest BCUT2D eigenvalue weighted by Gasteiger charge is -2.08. The van der Waals surface area contributed by atoms with Gasteiger partial charge in [-0.1, -0.05) is 12.1 Å². The molecule has 0 fully saturated rings. The minimum absolute atomic E-state index is 0.0000601. The summed E-state index contributed by atoms with van der Waals surface area (Å²) in [6, 6.07) is 9.63. The van der Waals surface area contributed by atoms with Gasteiger partial charge in [0.2, 0.25) is 0 Å². The summed E-state index contributed by atoms with van der Waals surface area (Å²) in [6.45, 7) is 3.51. The highest BCUT2D eigenvalue weighted by Gasteiger charge is 2.16. The maximum atomic E-state index is 12.2. The van der Waals surface area contributed by atoms with E-state index in [2.05, 4.69) is 22.6 Å². The Bertz CT molecular complexity index is 728. The second kappa shape index (κ2) is 6.21. The molecule has 0 radical (unpaired) electrons. The number of carbonyl (C=O) groups excluding carboxylic acids is 1. The number of nitro groups is 1. The number of aryl methyl sites for hydroxylation is 2. The van der Waals surface area contributed by atoms with Gasteiger partial charge in [0.25, 0.3) is 5.69 Å². The largest absolute Gasteiger partial charge is 0.423 e. The van der Waals surface area contributed by atoms with Crippen molar-refractivity contribution in [1.82, 2.24) is 0 Å². The van der Waals surface area contributed by atoms with E-state index in [4.69, 9.17) is 4.74 Å². The number of hydrogen-bond acceptors (Lipinski definition) is 4. The molecule has 0 aliphatic rings. The minimum atomic E-state index is -0.476. The van der Waals surface area contributed by atoms with Gasteiger partial charge in [0.1, 0.15) is 5.75 Å². The van der Waals surface area contributed by atoms with Crippen molar-refractivity contribution in [2.24, 2.45) is 0 Å². The van der Waals surface area contributed by atoms with Crippen LogP contribution in [0.3, 0.4) is 0 Å². The Labute approximate surface area is 135 Å². The van der Waals surface area contributed by atoms with Gasteiger partial charge in [-0.15, -0.1) is 0 Å². The maximum absolute atomic E-state index is 12.2. The van der Waals surface area contributed by atoms with Crippen LogP contribution in [0.4, 0.5) is 5.69 Å². The number of hydrogen-bond donors (Lipinski definition) is 0. The van der Waals surface area contributed by atoms with E-state index in [1.807, 2.05) is 13.0 Å². The van der Waals surface area contributed by atoms with Gasteiger partial charge in [-0.2, -0.15) is 0 Å². The van der Waals surface area contributed by atoms with Gasteiger partial charge in [-0.05, 0) is 60.2 Å². The highest BCUT2D eigenvalue weighted by atomic mass is 127. The number of nitro benzene ring substituents is 1. The molecule has 0 aliphatic heterocycles. The summed E-state index contributed by atoms with van der Waals surface area (Å²) in [7, 11) is 0. The van der Waals surface area contributed by atoms with E-state index in [9.17, 15) is 14.9 Å². The number of benzene rings is 2. The zero-order valence-electron chi connectivity index (χ0n) is 11.4. The molecule has 6 heteroatoms. The summed E-state index contributed by atoms with van der Waals surface area (Å²) in [5, 5.41) is 10.8. The summed E-state index contributed by atoms with van der Waals surface area (Å²) in [6.07, 6.45) is 0. The number of ether oxygens (including phenoxy) is 1. The molecule has 0 aromatic heterocycles. The van der Waals surface area contributed by atoms with Crippen molar-refractivity contribution < 1.29 is 14.5 Å². The highest BCUT2D eigenvalue weighted by Crippen LogP contribution is 2.24. The van der Waals surface area contributed by atoms with Crippen LogP contribution in [0.2, 0.25) is 0 Å².